The van der Waals surface area contributed by atoms with Gasteiger partial charge in [0.1, 0.15) is 17.3 Å². The molecule has 1 amide bonds. The Balaban J connectivity index is 1.28. The second kappa shape index (κ2) is 12.3. The molecule has 1 aromatic heterocycles. The number of amides is 1. The Morgan fingerprint density at radius 1 is 0.971 bits per heavy atom. The summed E-state index contributed by atoms with van der Waals surface area (Å²) in [5.74, 6) is 2.63. The Kier molecular flexibility index (Phi) is 8.63. The number of aromatic nitrogens is 2. The predicted octanol–water partition coefficient (Wildman–Crippen LogP) is 5.46. The molecule has 0 aliphatic heterocycles. The number of unbranched alkanes of at least 4 members (excludes halogenated alkanes) is 1. The zero-order valence-electron chi connectivity index (χ0n) is 19.9. The summed E-state index contributed by atoms with van der Waals surface area (Å²) in [5, 5.41) is 3.68. The van der Waals surface area contributed by atoms with Crippen LogP contribution in [0.5, 0.6) is 11.5 Å². The summed E-state index contributed by atoms with van der Waals surface area (Å²) in [6.45, 7) is 2.03. The van der Waals surface area contributed by atoms with E-state index in [9.17, 15) is 4.79 Å². The molecule has 1 heterocycles. The molecule has 0 aliphatic rings. The van der Waals surface area contributed by atoms with Gasteiger partial charge in [-0.3, -0.25) is 4.79 Å². The van der Waals surface area contributed by atoms with Crippen molar-refractivity contribution in [1.29, 1.82) is 0 Å². The van der Waals surface area contributed by atoms with E-state index in [0.717, 1.165) is 53.3 Å². The van der Waals surface area contributed by atoms with Crippen molar-refractivity contribution in [1.82, 2.24) is 14.9 Å². The first-order valence-corrected chi connectivity index (χ1v) is 12.2. The zero-order chi connectivity index (χ0) is 24.5. The lowest BCUT2D eigenvalue weighted by molar-refractivity contribution is -0.120. The van der Waals surface area contributed by atoms with Crippen LogP contribution in [-0.4, -0.2) is 35.7 Å². The number of carbonyl (C=O) groups is 1. The smallest absolute Gasteiger partial charge is 0.224 e. The number of methoxy groups -OCH3 is 1. The van der Waals surface area contributed by atoms with Crippen LogP contribution in [0.1, 0.15) is 24.2 Å². The summed E-state index contributed by atoms with van der Waals surface area (Å²) in [7, 11) is 1.65. The molecular formula is C28H30ClN3O3. The van der Waals surface area contributed by atoms with Gasteiger partial charge in [0, 0.05) is 24.5 Å². The molecule has 0 saturated carbocycles. The molecule has 3 aromatic carbocycles. The third-order valence-electron chi connectivity index (χ3n) is 5.79. The highest BCUT2D eigenvalue weighted by Crippen LogP contribution is 2.19. The van der Waals surface area contributed by atoms with Gasteiger partial charge >= 0.3 is 0 Å². The highest BCUT2D eigenvalue weighted by molar-refractivity contribution is 6.30. The third kappa shape index (κ3) is 6.99. The van der Waals surface area contributed by atoms with E-state index in [0.29, 0.717) is 31.0 Å². The van der Waals surface area contributed by atoms with Crippen molar-refractivity contribution in [2.24, 2.45) is 0 Å². The summed E-state index contributed by atoms with van der Waals surface area (Å²) in [6, 6.07) is 23.1. The second-order valence-electron chi connectivity index (χ2n) is 8.30. The number of nitrogens with one attached hydrogen (secondary N) is 1. The normalized spacial score (nSPS) is 10.9. The quantitative estimate of drug-likeness (QED) is 0.267. The van der Waals surface area contributed by atoms with Gasteiger partial charge in [-0.15, -0.1) is 0 Å². The van der Waals surface area contributed by atoms with Gasteiger partial charge in [-0.05, 0) is 66.9 Å². The largest absolute Gasteiger partial charge is 0.497 e. The van der Waals surface area contributed by atoms with Gasteiger partial charge in [0.2, 0.25) is 5.91 Å². The Hall–Kier alpha value is -3.51. The number of hydrogen-bond acceptors (Lipinski definition) is 4. The number of halogens is 1. The van der Waals surface area contributed by atoms with Gasteiger partial charge in [-0.1, -0.05) is 35.9 Å². The van der Waals surface area contributed by atoms with Gasteiger partial charge in [0.05, 0.1) is 31.2 Å². The molecule has 7 heteroatoms. The van der Waals surface area contributed by atoms with E-state index in [4.69, 9.17) is 26.1 Å². The molecule has 4 aromatic rings. The zero-order valence-corrected chi connectivity index (χ0v) is 20.6. The van der Waals surface area contributed by atoms with Crippen LogP contribution in [0.25, 0.3) is 11.0 Å². The molecule has 4 rings (SSSR count). The maximum atomic E-state index is 12.3. The number of carbonyl (C=O) groups excluding carboxylic acids is 1. The van der Waals surface area contributed by atoms with Crippen LogP contribution in [-0.2, 0) is 24.2 Å². The van der Waals surface area contributed by atoms with Crippen LogP contribution in [0.2, 0.25) is 5.02 Å². The van der Waals surface area contributed by atoms with Crippen molar-refractivity contribution in [2.75, 3.05) is 20.3 Å². The Bertz CT molecular complexity index is 1240. The number of rotatable bonds is 12. The lowest BCUT2D eigenvalue weighted by atomic mass is 10.1. The van der Waals surface area contributed by atoms with Crippen molar-refractivity contribution in [3.05, 3.63) is 89.2 Å². The minimum atomic E-state index is -0.00864. The Morgan fingerprint density at radius 2 is 1.71 bits per heavy atom. The molecule has 35 heavy (non-hydrogen) atoms. The fourth-order valence-electron chi connectivity index (χ4n) is 3.96. The molecule has 1 N–H and O–H groups in total. The van der Waals surface area contributed by atoms with Crippen LogP contribution in [0.15, 0.2) is 72.8 Å². The van der Waals surface area contributed by atoms with Crippen molar-refractivity contribution in [3.63, 3.8) is 0 Å². The molecule has 0 spiro atoms. The number of fused-ring (bicyclic) bond motifs is 1. The highest BCUT2D eigenvalue weighted by Gasteiger charge is 2.11. The molecule has 0 radical (unpaired) electrons. The summed E-state index contributed by atoms with van der Waals surface area (Å²) in [5.41, 5.74) is 3.03. The van der Waals surface area contributed by atoms with Gasteiger partial charge in [0.15, 0.2) is 0 Å². The Morgan fingerprint density at radius 3 is 2.49 bits per heavy atom. The fourth-order valence-corrected chi connectivity index (χ4v) is 4.09. The molecular weight excluding hydrogens is 462 g/mol. The summed E-state index contributed by atoms with van der Waals surface area (Å²) in [6.07, 6.45) is 2.90. The number of hydrogen-bond donors (Lipinski definition) is 1. The SMILES string of the molecule is COc1ccc(OCCCCn2c(CCNC(=O)Cc3ccc(Cl)cc3)nc3ccccc32)cc1. The van der Waals surface area contributed by atoms with Gasteiger partial charge < -0.3 is 19.4 Å². The van der Waals surface area contributed by atoms with Crippen molar-refractivity contribution in [3.8, 4) is 11.5 Å². The molecule has 0 atom stereocenters. The molecule has 0 bridgehead atoms. The third-order valence-corrected chi connectivity index (χ3v) is 6.04. The van der Waals surface area contributed by atoms with Gasteiger partial charge in [-0.2, -0.15) is 0 Å². The minimum Gasteiger partial charge on any atom is -0.497 e. The number of benzene rings is 3. The maximum absolute atomic E-state index is 12.3. The predicted molar refractivity (Wildman–Crippen MR) is 139 cm³/mol. The van der Waals surface area contributed by atoms with E-state index in [1.165, 1.54) is 0 Å². The topological polar surface area (TPSA) is 65.4 Å². The van der Waals surface area contributed by atoms with Crippen LogP contribution in [0.3, 0.4) is 0 Å². The standard InChI is InChI=1S/C28H30ClN3O3/c1-34-23-12-14-24(15-13-23)35-19-5-4-18-32-26-7-3-2-6-25(26)31-27(32)16-17-30-28(33)20-21-8-10-22(29)11-9-21/h2-3,6-15H,4-5,16-20H2,1H3,(H,30,33). The van der Waals surface area contributed by atoms with E-state index in [1.807, 2.05) is 54.6 Å². The van der Waals surface area contributed by atoms with E-state index >= 15 is 0 Å². The number of nitrogens with zero attached hydrogens (tertiary/aromatic N) is 2. The molecule has 182 valence electrons. The van der Waals surface area contributed by atoms with E-state index in [2.05, 4.69) is 16.0 Å². The summed E-state index contributed by atoms with van der Waals surface area (Å²) in [4.78, 5) is 17.2. The second-order valence-corrected chi connectivity index (χ2v) is 8.74. The van der Waals surface area contributed by atoms with E-state index in [1.54, 1.807) is 19.2 Å². The average molecular weight is 492 g/mol. The minimum absolute atomic E-state index is 0.00864. The van der Waals surface area contributed by atoms with Crippen molar-refractivity contribution >= 4 is 28.5 Å². The van der Waals surface area contributed by atoms with Crippen molar-refractivity contribution in [2.45, 2.75) is 32.2 Å². The first-order chi connectivity index (χ1) is 17.1. The van der Waals surface area contributed by atoms with Crippen molar-refractivity contribution < 1.29 is 14.3 Å². The number of aryl methyl sites for hydroxylation is 1. The molecule has 0 saturated heterocycles. The van der Waals surface area contributed by atoms with Gasteiger partial charge in [-0.25, -0.2) is 4.98 Å². The van der Waals surface area contributed by atoms with Crippen LogP contribution in [0, 0.1) is 0 Å². The molecule has 0 unspecified atom stereocenters. The van der Waals surface area contributed by atoms with E-state index in [-0.39, 0.29) is 5.91 Å². The lowest BCUT2D eigenvalue weighted by Crippen LogP contribution is -2.28. The lowest BCUT2D eigenvalue weighted by Gasteiger charge is -2.11. The molecule has 0 fully saturated rings. The van der Waals surface area contributed by atoms with Crippen LogP contribution < -0.4 is 14.8 Å². The fraction of sp³-hybridized carbons (Fsp3) is 0.286. The van der Waals surface area contributed by atoms with Crippen LogP contribution in [0.4, 0.5) is 0 Å². The number of ether oxygens (including phenoxy) is 2. The first kappa shape index (κ1) is 24.6. The molecule has 6 nitrogen and oxygen atoms in total. The number of para-hydroxylation sites is 2. The van der Waals surface area contributed by atoms with Crippen LogP contribution >= 0.6 is 11.6 Å². The highest BCUT2D eigenvalue weighted by atomic mass is 35.5. The maximum Gasteiger partial charge on any atom is 0.224 e. The first-order valence-electron chi connectivity index (χ1n) is 11.8. The summed E-state index contributed by atoms with van der Waals surface area (Å²) < 4.78 is 13.3. The monoisotopic (exact) mass is 491 g/mol. The average Bonchev–Trinajstić information content (AvgIpc) is 3.23. The molecule has 0 aliphatic carbocycles. The number of imidazole rings is 1. The summed E-state index contributed by atoms with van der Waals surface area (Å²) >= 11 is 5.92. The van der Waals surface area contributed by atoms with E-state index < -0.39 is 0 Å². The van der Waals surface area contributed by atoms with Gasteiger partial charge in [0.25, 0.3) is 0 Å². The Labute approximate surface area is 210 Å².